The Hall–Kier alpha value is -3.26. The molecule has 2 aliphatic heterocycles. The van der Waals surface area contributed by atoms with Crippen LogP contribution >= 0.6 is 23.2 Å². The number of nitrogens with zero attached hydrogens (tertiary/aromatic N) is 4. The van der Waals surface area contributed by atoms with E-state index in [4.69, 9.17) is 32.9 Å². The van der Waals surface area contributed by atoms with Gasteiger partial charge < -0.3 is 25.0 Å². The summed E-state index contributed by atoms with van der Waals surface area (Å²) in [6.45, 7) is 3.74. The topological polar surface area (TPSA) is 139 Å². The van der Waals surface area contributed by atoms with Crippen LogP contribution in [0.15, 0.2) is 60.0 Å². The molecule has 2 unspecified atom stereocenters. The third-order valence-electron chi connectivity index (χ3n) is 8.36. The Morgan fingerprint density at radius 3 is 2.76 bits per heavy atom. The van der Waals surface area contributed by atoms with Crippen LogP contribution in [-0.4, -0.2) is 76.6 Å². The molecule has 0 spiro atoms. The number of aromatic nitrogens is 3. The maximum atomic E-state index is 14.0. The molecular formula is C31H34Cl2N6O5S. The molecule has 2 fully saturated rings. The lowest BCUT2D eigenvalue weighted by molar-refractivity contribution is -0.124. The number of benzene rings is 2. The molecule has 6 rings (SSSR count). The highest BCUT2D eigenvalue weighted by Crippen LogP contribution is 2.37. The normalized spacial score (nSPS) is 19.6. The number of piperidine rings is 1. The van der Waals surface area contributed by atoms with Crippen molar-refractivity contribution >= 4 is 50.0 Å². The van der Waals surface area contributed by atoms with E-state index in [1.165, 1.54) is 12.1 Å². The number of nitrogens with one attached hydrogen (secondary N) is 2. The van der Waals surface area contributed by atoms with Gasteiger partial charge >= 0.3 is 0 Å². The number of hydrogen-bond acceptors (Lipinski definition) is 8. The number of rotatable bonds is 9. The third kappa shape index (κ3) is 6.53. The van der Waals surface area contributed by atoms with Gasteiger partial charge in [-0.1, -0.05) is 35.3 Å². The molecule has 0 aliphatic carbocycles. The number of imidazole rings is 1. The lowest BCUT2D eigenvalue weighted by Gasteiger charge is -2.26. The summed E-state index contributed by atoms with van der Waals surface area (Å²) in [5.41, 5.74) is 2.53. The monoisotopic (exact) mass is 672 g/mol. The van der Waals surface area contributed by atoms with Crippen LogP contribution in [-0.2, 0) is 21.4 Å². The zero-order valence-electron chi connectivity index (χ0n) is 24.6. The molecule has 11 nitrogen and oxygen atoms in total. The van der Waals surface area contributed by atoms with Gasteiger partial charge in [0.2, 0.25) is 15.9 Å². The van der Waals surface area contributed by atoms with Crippen molar-refractivity contribution in [2.75, 3.05) is 26.2 Å². The summed E-state index contributed by atoms with van der Waals surface area (Å²) >= 11 is 13.3. The fraction of sp³-hybridized carbons (Fsp3) is 0.387. The van der Waals surface area contributed by atoms with Crippen LogP contribution in [0.1, 0.15) is 30.5 Å². The van der Waals surface area contributed by atoms with Gasteiger partial charge in [0.05, 0.1) is 23.1 Å². The van der Waals surface area contributed by atoms with E-state index < -0.39 is 28.1 Å². The minimum absolute atomic E-state index is 0.00692. The molecule has 4 aromatic rings. The molecule has 2 aromatic heterocycles. The van der Waals surface area contributed by atoms with Gasteiger partial charge in [0, 0.05) is 53.6 Å². The van der Waals surface area contributed by atoms with E-state index in [9.17, 15) is 18.3 Å². The molecule has 0 radical (unpaired) electrons. The lowest BCUT2D eigenvalue weighted by Crippen LogP contribution is -2.47. The fourth-order valence-electron chi connectivity index (χ4n) is 5.98. The van der Waals surface area contributed by atoms with Crippen LogP contribution in [0.3, 0.4) is 0 Å². The number of aliphatic hydroxyl groups excluding tert-OH is 1. The van der Waals surface area contributed by atoms with Crippen molar-refractivity contribution in [3.8, 4) is 11.4 Å². The van der Waals surface area contributed by atoms with Gasteiger partial charge in [-0.25, -0.2) is 18.4 Å². The molecule has 0 bridgehead atoms. The van der Waals surface area contributed by atoms with E-state index >= 15 is 0 Å². The molecule has 2 atom stereocenters. The van der Waals surface area contributed by atoms with E-state index in [2.05, 4.69) is 15.6 Å². The second-order valence-electron chi connectivity index (χ2n) is 11.5. The van der Waals surface area contributed by atoms with Crippen LogP contribution in [0.5, 0.6) is 5.75 Å². The molecule has 1 amide bonds. The van der Waals surface area contributed by atoms with Crippen LogP contribution in [0, 0.1) is 12.8 Å². The summed E-state index contributed by atoms with van der Waals surface area (Å²) in [5, 5.41) is 17.6. The average molecular weight is 674 g/mol. The average Bonchev–Trinajstić information content (AvgIpc) is 3.71. The predicted molar refractivity (Wildman–Crippen MR) is 171 cm³/mol. The summed E-state index contributed by atoms with van der Waals surface area (Å²) in [6.07, 6.45) is 6.11. The molecule has 2 saturated heterocycles. The molecule has 4 heterocycles. The zero-order chi connectivity index (χ0) is 31.7. The highest BCUT2D eigenvalue weighted by atomic mass is 35.5. The van der Waals surface area contributed by atoms with Crippen molar-refractivity contribution in [3.63, 3.8) is 0 Å². The van der Waals surface area contributed by atoms with Crippen LogP contribution < -0.4 is 15.4 Å². The molecule has 238 valence electrons. The van der Waals surface area contributed by atoms with Gasteiger partial charge in [-0.05, 0) is 63.0 Å². The Balaban J connectivity index is 1.25. The number of carbonyl (C=O) groups is 1. The first-order valence-corrected chi connectivity index (χ1v) is 17.0. The van der Waals surface area contributed by atoms with Gasteiger partial charge in [0.25, 0.3) is 0 Å². The Kier molecular flexibility index (Phi) is 9.32. The number of pyridine rings is 1. The minimum atomic E-state index is -4.30. The summed E-state index contributed by atoms with van der Waals surface area (Å²) in [4.78, 5) is 21.8. The summed E-state index contributed by atoms with van der Waals surface area (Å²) in [5.74, 6) is 0.348. The molecule has 3 N–H and O–H groups in total. The summed E-state index contributed by atoms with van der Waals surface area (Å²) in [7, 11) is -4.30. The first-order valence-electron chi connectivity index (χ1n) is 14.8. The Morgan fingerprint density at radius 2 is 2.00 bits per heavy atom. The number of halogens is 2. The van der Waals surface area contributed by atoms with Crippen LogP contribution in [0.4, 0.5) is 0 Å². The molecule has 2 aliphatic rings. The van der Waals surface area contributed by atoms with Gasteiger partial charge in [0.15, 0.2) is 0 Å². The number of ether oxygens (including phenoxy) is 1. The second kappa shape index (κ2) is 13.2. The number of carbonyl (C=O) groups excluding carboxylic acids is 1. The number of fused-ring (bicyclic) bond motifs is 1. The highest BCUT2D eigenvalue weighted by Gasteiger charge is 2.44. The lowest BCUT2D eigenvalue weighted by atomic mass is 9.98. The second-order valence-corrected chi connectivity index (χ2v) is 14.1. The van der Waals surface area contributed by atoms with Crippen LogP contribution in [0.25, 0.3) is 16.6 Å². The Labute approximate surface area is 271 Å². The summed E-state index contributed by atoms with van der Waals surface area (Å²) in [6, 6.07) is 9.19. The zero-order valence-corrected chi connectivity index (χ0v) is 26.9. The third-order valence-corrected chi connectivity index (χ3v) is 11.2. The number of hydrogen-bond donors (Lipinski definition) is 3. The molecule has 0 saturated carbocycles. The van der Waals surface area contributed by atoms with E-state index in [1.807, 2.05) is 35.9 Å². The molecule has 2 aromatic carbocycles. The number of amides is 1. The molecule has 45 heavy (non-hydrogen) atoms. The maximum Gasteiger partial charge on any atom is 0.245 e. The van der Waals surface area contributed by atoms with Crippen LogP contribution in [0.2, 0.25) is 10.0 Å². The van der Waals surface area contributed by atoms with E-state index in [1.54, 1.807) is 18.6 Å². The van der Waals surface area contributed by atoms with E-state index in [0.717, 1.165) is 47.0 Å². The molecule has 14 heteroatoms. The highest BCUT2D eigenvalue weighted by molar-refractivity contribution is 7.89. The standard InChI is InChI=1S/C31H34Cl2N6O5S/c1-19-13-25(38-12-11-35-18-38)22-3-2-4-27(30(22)37-19)44-17-23-24(32)5-6-28(29(23)33)45(42,43)39-16-21(40)14-26(39)31(41)36-15-20-7-9-34-10-8-20/h2-6,11-13,18,20-21,26,34,40H,7-10,14-17H2,1H3,(H,36,41). The van der Waals surface area contributed by atoms with Crippen molar-refractivity contribution in [3.05, 3.63) is 76.4 Å². The predicted octanol–water partition coefficient (Wildman–Crippen LogP) is 3.85. The smallest absolute Gasteiger partial charge is 0.245 e. The Morgan fingerprint density at radius 1 is 1.20 bits per heavy atom. The van der Waals surface area contributed by atoms with Crippen molar-refractivity contribution in [1.82, 2.24) is 29.5 Å². The van der Waals surface area contributed by atoms with Gasteiger partial charge in [0.1, 0.15) is 28.8 Å². The van der Waals surface area contributed by atoms with Gasteiger partial charge in [-0.15, -0.1) is 0 Å². The van der Waals surface area contributed by atoms with E-state index in [-0.39, 0.29) is 40.1 Å². The van der Waals surface area contributed by atoms with Gasteiger partial charge in [-0.3, -0.25) is 4.79 Å². The van der Waals surface area contributed by atoms with Crippen molar-refractivity contribution < 1.29 is 23.1 Å². The first-order chi connectivity index (χ1) is 21.6. The first kappa shape index (κ1) is 31.7. The van der Waals surface area contributed by atoms with Crippen molar-refractivity contribution in [2.24, 2.45) is 5.92 Å². The SMILES string of the molecule is Cc1cc(-n2ccnc2)c2cccc(OCc3c(Cl)ccc(S(=O)(=O)N4CC(O)CC4C(=O)NCC4CCNCC4)c3Cl)c2n1. The van der Waals surface area contributed by atoms with Gasteiger partial charge in [-0.2, -0.15) is 4.31 Å². The maximum absolute atomic E-state index is 14.0. The number of aryl methyl sites for hydroxylation is 1. The molecular weight excluding hydrogens is 639 g/mol. The van der Waals surface area contributed by atoms with E-state index in [0.29, 0.717) is 23.7 Å². The summed E-state index contributed by atoms with van der Waals surface area (Å²) < 4.78 is 37.0. The number of aliphatic hydroxyl groups is 1. The quantitative estimate of drug-likeness (QED) is 0.244. The number of β-amino-alcohol motifs (C(OH)–C–C–N with tert-alkyl or cyclic N) is 1. The van der Waals surface area contributed by atoms with Crippen molar-refractivity contribution in [2.45, 2.75) is 49.8 Å². The number of sulfonamides is 1. The Bertz CT molecular complexity index is 1810. The largest absolute Gasteiger partial charge is 0.487 e. The van der Waals surface area contributed by atoms with Crippen molar-refractivity contribution in [1.29, 1.82) is 0 Å². The minimum Gasteiger partial charge on any atom is -0.487 e. The fourth-order valence-corrected chi connectivity index (χ4v) is 8.48. The number of para-hydroxylation sites is 1.